The summed E-state index contributed by atoms with van der Waals surface area (Å²) < 4.78 is 21.0. The van der Waals surface area contributed by atoms with E-state index in [1.165, 1.54) is 27.4 Å². The molecule has 5 nitrogen and oxygen atoms in total. The van der Waals surface area contributed by atoms with Crippen molar-refractivity contribution in [2.24, 2.45) is 0 Å². The van der Waals surface area contributed by atoms with E-state index >= 15 is 0 Å². The number of aryl methyl sites for hydroxylation is 1. The van der Waals surface area contributed by atoms with Crippen LogP contribution in [-0.2, 0) is 0 Å². The monoisotopic (exact) mass is 250 g/mol. The highest BCUT2D eigenvalue weighted by Gasteiger charge is 2.19. The summed E-state index contributed by atoms with van der Waals surface area (Å²) in [6.07, 6.45) is 0. The molecule has 5 heteroatoms. The Kier molecular flexibility index (Phi) is 3.14. The molecule has 0 saturated carbocycles. The van der Waals surface area contributed by atoms with Gasteiger partial charge < -0.3 is 18.6 Å². The van der Waals surface area contributed by atoms with Crippen molar-refractivity contribution in [1.82, 2.24) is 0 Å². The molecule has 0 aliphatic heterocycles. The number of benzene rings is 1. The van der Waals surface area contributed by atoms with Crippen molar-refractivity contribution >= 4 is 11.0 Å². The lowest BCUT2D eigenvalue weighted by Gasteiger charge is -2.14. The van der Waals surface area contributed by atoms with Crippen LogP contribution < -0.4 is 19.8 Å². The number of hydrogen-bond donors (Lipinski definition) is 0. The molecule has 0 unspecified atom stereocenters. The van der Waals surface area contributed by atoms with Crippen molar-refractivity contribution in [3.63, 3.8) is 0 Å². The Balaban J connectivity index is 2.97. The van der Waals surface area contributed by atoms with Crippen LogP contribution in [0.15, 0.2) is 21.3 Å². The van der Waals surface area contributed by atoms with Gasteiger partial charge in [0.25, 0.3) is 0 Å². The zero-order chi connectivity index (χ0) is 13.3. The molecule has 2 aromatic rings. The van der Waals surface area contributed by atoms with Crippen LogP contribution in [0, 0.1) is 6.92 Å². The van der Waals surface area contributed by atoms with Crippen molar-refractivity contribution in [3.8, 4) is 17.2 Å². The third kappa shape index (κ3) is 1.77. The van der Waals surface area contributed by atoms with Gasteiger partial charge >= 0.3 is 5.63 Å². The first-order valence-corrected chi connectivity index (χ1v) is 5.35. The minimum absolute atomic E-state index is 0.408. The molecule has 0 fully saturated rings. The Morgan fingerprint density at radius 2 is 1.67 bits per heavy atom. The van der Waals surface area contributed by atoms with Crippen LogP contribution in [0.4, 0.5) is 0 Å². The Morgan fingerprint density at radius 3 is 2.22 bits per heavy atom. The Bertz CT molecular complexity index is 642. The van der Waals surface area contributed by atoms with Crippen molar-refractivity contribution in [2.45, 2.75) is 6.92 Å². The van der Waals surface area contributed by atoms with Crippen molar-refractivity contribution < 1.29 is 18.6 Å². The summed E-state index contributed by atoms with van der Waals surface area (Å²) in [7, 11) is 4.57. The van der Waals surface area contributed by atoms with Crippen molar-refractivity contribution in [2.75, 3.05) is 21.3 Å². The van der Waals surface area contributed by atoms with Gasteiger partial charge in [0, 0.05) is 12.1 Å². The summed E-state index contributed by atoms with van der Waals surface area (Å²) in [6.45, 7) is 1.81. The van der Waals surface area contributed by atoms with Gasteiger partial charge in [0.1, 0.15) is 5.58 Å². The molecule has 0 spiro atoms. The van der Waals surface area contributed by atoms with E-state index in [9.17, 15) is 4.79 Å². The van der Waals surface area contributed by atoms with Crippen LogP contribution in [0.1, 0.15) is 5.56 Å². The van der Waals surface area contributed by atoms with E-state index in [2.05, 4.69) is 0 Å². The summed E-state index contributed by atoms with van der Waals surface area (Å²) in [5, 5.41) is 0.703. The predicted octanol–water partition coefficient (Wildman–Crippen LogP) is 2.13. The summed E-state index contributed by atoms with van der Waals surface area (Å²) in [4.78, 5) is 11.4. The molecule has 0 radical (unpaired) electrons. The largest absolute Gasteiger partial charge is 0.493 e. The molecule has 18 heavy (non-hydrogen) atoms. The zero-order valence-corrected chi connectivity index (χ0v) is 10.7. The minimum Gasteiger partial charge on any atom is -0.493 e. The zero-order valence-electron chi connectivity index (χ0n) is 10.7. The second kappa shape index (κ2) is 4.60. The van der Waals surface area contributed by atoms with Crippen LogP contribution >= 0.6 is 0 Å². The van der Waals surface area contributed by atoms with E-state index in [1.54, 1.807) is 6.07 Å². The molecule has 0 amide bonds. The van der Waals surface area contributed by atoms with Gasteiger partial charge in [-0.25, -0.2) is 4.79 Å². The lowest BCUT2D eigenvalue weighted by atomic mass is 10.1. The minimum atomic E-state index is -0.408. The molecular formula is C13H14O5. The van der Waals surface area contributed by atoms with Gasteiger partial charge in [-0.15, -0.1) is 0 Å². The van der Waals surface area contributed by atoms with Gasteiger partial charge in [-0.05, 0) is 12.5 Å². The highest BCUT2D eigenvalue weighted by atomic mass is 16.5. The van der Waals surface area contributed by atoms with Crippen molar-refractivity contribution in [1.29, 1.82) is 0 Å². The second-order valence-electron chi connectivity index (χ2n) is 3.77. The fourth-order valence-electron chi connectivity index (χ4n) is 1.97. The maximum atomic E-state index is 11.4. The lowest BCUT2D eigenvalue weighted by Crippen LogP contribution is -2.01. The topological polar surface area (TPSA) is 57.9 Å². The van der Waals surface area contributed by atoms with Gasteiger partial charge in [0.15, 0.2) is 11.5 Å². The van der Waals surface area contributed by atoms with Gasteiger partial charge in [0.2, 0.25) is 5.75 Å². The SMILES string of the molecule is COc1cc2oc(=O)cc(C)c2c(OC)c1OC. The van der Waals surface area contributed by atoms with Crippen LogP contribution in [-0.4, -0.2) is 21.3 Å². The first-order chi connectivity index (χ1) is 8.62. The van der Waals surface area contributed by atoms with Gasteiger partial charge in [-0.3, -0.25) is 0 Å². The Hall–Kier alpha value is -2.17. The number of methoxy groups -OCH3 is 3. The normalized spacial score (nSPS) is 10.4. The number of fused-ring (bicyclic) bond motifs is 1. The summed E-state index contributed by atoms with van der Waals surface area (Å²) in [6, 6.07) is 3.03. The Labute approximate surface area is 104 Å². The fourth-order valence-corrected chi connectivity index (χ4v) is 1.97. The average Bonchev–Trinajstić information content (AvgIpc) is 2.35. The quantitative estimate of drug-likeness (QED) is 0.781. The van der Waals surface area contributed by atoms with Crippen LogP contribution in [0.2, 0.25) is 0 Å². The maximum absolute atomic E-state index is 11.4. The molecule has 2 rings (SSSR count). The van der Waals surface area contributed by atoms with Crippen LogP contribution in [0.5, 0.6) is 17.2 Å². The van der Waals surface area contributed by atoms with E-state index in [0.29, 0.717) is 28.2 Å². The molecule has 0 aliphatic rings. The van der Waals surface area contributed by atoms with Gasteiger partial charge in [-0.2, -0.15) is 0 Å². The highest BCUT2D eigenvalue weighted by Crippen LogP contribution is 2.43. The van der Waals surface area contributed by atoms with Crippen LogP contribution in [0.3, 0.4) is 0 Å². The molecule has 0 aliphatic carbocycles. The third-order valence-electron chi connectivity index (χ3n) is 2.73. The first kappa shape index (κ1) is 12.3. The molecule has 0 N–H and O–H groups in total. The summed E-state index contributed by atoms with van der Waals surface area (Å²) >= 11 is 0. The standard InChI is InChI=1S/C13H14O5/c1-7-5-10(14)18-8-6-9(15-2)12(16-3)13(17-4)11(7)8/h5-6H,1-4H3. The van der Waals surface area contributed by atoms with E-state index in [1.807, 2.05) is 6.92 Å². The van der Waals surface area contributed by atoms with E-state index in [0.717, 1.165) is 5.56 Å². The molecule has 96 valence electrons. The van der Waals surface area contributed by atoms with Crippen molar-refractivity contribution in [3.05, 3.63) is 28.1 Å². The van der Waals surface area contributed by atoms with E-state index in [4.69, 9.17) is 18.6 Å². The molecule has 0 saturated heterocycles. The second-order valence-corrected chi connectivity index (χ2v) is 3.77. The molecule has 1 heterocycles. The van der Waals surface area contributed by atoms with E-state index < -0.39 is 5.63 Å². The molecule has 0 atom stereocenters. The Morgan fingerprint density at radius 1 is 1.00 bits per heavy atom. The molecule has 0 bridgehead atoms. The highest BCUT2D eigenvalue weighted by molar-refractivity contribution is 5.91. The smallest absolute Gasteiger partial charge is 0.336 e. The number of hydrogen-bond acceptors (Lipinski definition) is 5. The third-order valence-corrected chi connectivity index (χ3v) is 2.73. The van der Waals surface area contributed by atoms with Crippen LogP contribution in [0.25, 0.3) is 11.0 Å². The average molecular weight is 250 g/mol. The predicted molar refractivity (Wildman–Crippen MR) is 66.9 cm³/mol. The van der Waals surface area contributed by atoms with Gasteiger partial charge in [-0.1, -0.05) is 0 Å². The number of ether oxygens (including phenoxy) is 3. The maximum Gasteiger partial charge on any atom is 0.336 e. The first-order valence-electron chi connectivity index (χ1n) is 5.35. The van der Waals surface area contributed by atoms with E-state index in [-0.39, 0.29) is 0 Å². The molecular weight excluding hydrogens is 236 g/mol. The fraction of sp³-hybridized carbons (Fsp3) is 0.308. The lowest BCUT2D eigenvalue weighted by molar-refractivity contribution is 0.326. The molecule has 1 aromatic heterocycles. The summed E-state index contributed by atoms with van der Waals surface area (Å²) in [5.41, 5.74) is 0.767. The molecule has 1 aromatic carbocycles. The summed E-state index contributed by atoms with van der Waals surface area (Å²) in [5.74, 6) is 1.42. The van der Waals surface area contributed by atoms with Gasteiger partial charge in [0.05, 0.1) is 26.7 Å². The number of rotatable bonds is 3.